The zero-order valence-corrected chi connectivity index (χ0v) is 21.2. The summed E-state index contributed by atoms with van der Waals surface area (Å²) in [5.41, 5.74) is 0. The molecule has 0 aliphatic rings. The molecular formula is C20H43NNaO5P. The molecule has 0 aliphatic carbocycles. The van der Waals surface area contributed by atoms with Gasteiger partial charge in [0.2, 0.25) is 5.91 Å². The van der Waals surface area contributed by atoms with Crippen molar-refractivity contribution in [1.29, 1.82) is 0 Å². The molecule has 0 fully saturated rings. The predicted octanol–water partition coefficient (Wildman–Crippen LogP) is 2.59. The molecule has 0 aliphatic heterocycles. The Hall–Kier alpha value is 0.580. The van der Waals surface area contributed by atoms with Crippen molar-refractivity contribution in [3.05, 3.63) is 0 Å². The van der Waals surface area contributed by atoms with Crippen LogP contribution >= 0.6 is 7.82 Å². The SMILES string of the molecule is CCCCCCCCCCCCCCCCCC(=O)NCCOP(=O)(O)O.[H-].[Na+]. The molecule has 0 saturated heterocycles. The molecule has 0 bridgehead atoms. The number of unbranched alkanes of at least 4 members (excludes halogenated alkanes) is 14. The topological polar surface area (TPSA) is 95.9 Å². The summed E-state index contributed by atoms with van der Waals surface area (Å²) in [5, 5.41) is 2.60. The van der Waals surface area contributed by atoms with Gasteiger partial charge in [0.25, 0.3) is 0 Å². The molecule has 0 rings (SSSR count). The second-order valence-electron chi connectivity index (χ2n) is 7.37. The first kappa shape index (κ1) is 30.8. The molecule has 0 radical (unpaired) electrons. The van der Waals surface area contributed by atoms with Crippen LogP contribution in [-0.2, 0) is 13.9 Å². The minimum atomic E-state index is -4.43. The quantitative estimate of drug-likeness (QED) is 0.156. The first-order valence-corrected chi connectivity index (χ1v) is 12.5. The van der Waals surface area contributed by atoms with E-state index >= 15 is 0 Å². The van der Waals surface area contributed by atoms with Crippen molar-refractivity contribution in [3.8, 4) is 0 Å². The molecule has 0 saturated carbocycles. The van der Waals surface area contributed by atoms with Crippen LogP contribution in [0.5, 0.6) is 0 Å². The number of hydrogen-bond donors (Lipinski definition) is 3. The molecule has 0 aromatic rings. The number of amides is 1. The van der Waals surface area contributed by atoms with E-state index in [1.807, 2.05) is 0 Å². The molecule has 8 heteroatoms. The Bertz CT molecular complexity index is 399. The smallest absolute Gasteiger partial charge is 1.00 e. The van der Waals surface area contributed by atoms with Crippen molar-refractivity contribution in [2.75, 3.05) is 13.2 Å². The summed E-state index contributed by atoms with van der Waals surface area (Å²) >= 11 is 0. The molecular weight excluding hydrogens is 388 g/mol. The number of carbonyl (C=O) groups excluding carboxylic acids is 1. The van der Waals surface area contributed by atoms with Crippen molar-refractivity contribution in [2.24, 2.45) is 0 Å². The van der Waals surface area contributed by atoms with Crippen molar-refractivity contribution in [2.45, 2.75) is 110 Å². The third-order valence-electron chi connectivity index (χ3n) is 4.69. The Morgan fingerprint density at radius 3 is 1.61 bits per heavy atom. The number of phosphoric ester groups is 1. The molecule has 0 aromatic carbocycles. The Labute approximate surface area is 196 Å². The van der Waals surface area contributed by atoms with E-state index in [-0.39, 0.29) is 50.0 Å². The van der Waals surface area contributed by atoms with E-state index in [2.05, 4.69) is 16.8 Å². The van der Waals surface area contributed by atoms with Crippen molar-refractivity contribution in [3.63, 3.8) is 0 Å². The maximum absolute atomic E-state index is 11.5. The Morgan fingerprint density at radius 2 is 1.21 bits per heavy atom. The van der Waals surface area contributed by atoms with E-state index in [0.29, 0.717) is 6.42 Å². The summed E-state index contributed by atoms with van der Waals surface area (Å²) in [5.74, 6) is -0.0843. The fraction of sp³-hybridized carbons (Fsp3) is 0.950. The Morgan fingerprint density at radius 1 is 0.821 bits per heavy atom. The van der Waals surface area contributed by atoms with Gasteiger partial charge in [0.1, 0.15) is 0 Å². The summed E-state index contributed by atoms with van der Waals surface area (Å²) in [6.07, 6.45) is 19.9. The summed E-state index contributed by atoms with van der Waals surface area (Å²) in [4.78, 5) is 28.6. The van der Waals surface area contributed by atoms with Gasteiger partial charge in [0.15, 0.2) is 0 Å². The zero-order chi connectivity index (χ0) is 20.2. The minimum absolute atomic E-state index is 0. The van der Waals surface area contributed by atoms with E-state index < -0.39 is 7.82 Å². The van der Waals surface area contributed by atoms with Crippen LogP contribution in [0.25, 0.3) is 0 Å². The van der Waals surface area contributed by atoms with Gasteiger partial charge in [-0.1, -0.05) is 96.8 Å². The molecule has 0 spiro atoms. The number of rotatable bonds is 20. The first-order valence-electron chi connectivity index (χ1n) is 10.9. The molecule has 1 amide bonds. The fourth-order valence-electron chi connectivity index (χ4n) is 3.10. The molecule has 0 unspecified atom stereocenters. The van der Waals surface area contributed by atoms with Gasteiger partial charge in [-0.2, -0.15) is 0 Å². The summed E-state index contributed by atoms with van der Waals surface area (Å²) in [6, 6.07) is 0. The Balaban J connectivity index is -0.00000338. The van der Waals surface area contributed by atoms with E-state index in [1.54, 1.807) is 0 Å². The molecule has 3 N–H and O–H groups in total. The van der Waals surface area contributed by atoms with E-state index in [4.69, 9.17) is 9.79 Å². The molecule has 28 heavy (non-hydrogen) atoms. The van der Waals surface area contributed by atoms with Crippen LogP contribution in [-0.4, -0.2) is 28.8 Å². The van der Waals surface area contributed by atoms with Crippen LogP contribution in [0.1, 0.15) is 111 Å². The van der Waals surface area contributed by atoms with Crippen LogP contribution in [0.15, 0.2) is 0 Å². The monoisotopic (exact) mass is 431 g/mol. The van der Waals surface area contributed by atoms with E-state index in [9.17, 15) is 9.36 Å². The van der Waals surface area contributed by atoms with E-state index in [0.717, 1.165) is 12.8 Å². The third kappa shape index (κ3) is 26.6. The summed E-state index contributed by atoms with van der Waals surface area (Å²) in [6.45, 7) is 2.21. The van der Waals surface area contributed by atoms with Crippen molar-refractivity contribution < 1.29 is 54.7 Å². The number of hydrogen-bond acceptors (Lipinski definition) is 3. The number of phosphoric acid groups is 1. The largest absolute Gasteiger partial charge is 1.00 e. The number of nitrogens with one attached hydrogen (secondary N) is 1. The van der Waals surface area contributed by atoms with Crippen LogP contribution in [0, 0.1) is 0 Å². The van der Waals surface area contributed by atoms with Gasteiger partial charge >= 0.3 is 37.4 Å². The van der Waals surface area contributed by atoms with Gasteiger partial charge < -0.3 is 16.5 Å². The van der Waals surface area contributed by atoms with Crippen molar-refractivity contribution in [1.82, 2.24) is 5.32 Å². The van der Waals surface area contributed by atoms with Gasteiger partial charge in [0, 0.05) is 13.0 Å². The van der Waals surface area contributed by atoms with E-state index in [1.165, 1.54) is 83.5 Å². The van der Waals surface area contributed by atoms with Crippen LogP contribution in [0.3, 0.4) is 0 Å². The van der Waals surface area contributed by atoms with Crippen LogP contribution in [0.4, 0.5) is 0 Å². The molecule has 6 nitrogen and oxygen atoms in total. The summed E-state index contributed by atoms with van der Waals surface area (Å²) < 4.78 is 14.7. The fourth-order valence-corrected chi connectivity index (χ4v) is 3.43. The average Bonchev–Trinajstić information content (AvgIpc) is 2.61. The van der Waals surface area contributed by atoms with Crippen molar-refractivity contribution >= 4 is 13.7 Å². The van der Waals surface area contributed by atoms with Gasteiger partial charge in [-0.3, -0.25) is 9.32 Å². The molecule has 0 heterocycles. The predicted molar refractivity (Wildman–Crippen MR) is 112 cm³/mol. The second-order valence-corrected chi connectivity index (χ2v) is 8.61. The Kier molecular flexibility index (Phi) is 24.5. The molecule has 0 aromatic heterocycles. The van der Waals surface area contributed by atoms with Gasteiger partial charge in [-0.25, -0.2) is 4.57 Å². The minimum Gasteiger partial charge on any atom is -1.00 e. The molecule has 0 atom stereocenters. The van der Waals surface area contributed by atoms with Gasteiger partial charge in [-0.05, 0) is 6.42 Å². The van der Waals surface area contributed by atoms with Gasteiger partial charge in [0.05, 0.1) is 6.61 Å². The third-order valence-corrected chi connectivity index (χ3v) is 5.21. The number of carbonyl (C=O) groups is 1. The summed E-state index contributed by atoms with van der Waals surface area (Å²) in [7, 11) is -4.43. The molecule has 164 valence electrons. The van der Waals surface area contributed by atoms with Crippen LogP contribution < -0.4 is 34.9 Å². The average molecular weight is 432 g/mol. The van der Waals surface area contributed by atoms with Gasteiger partial charge in [-0.15, -0.1) is 0 Å². The first-order chi connectivity index (χ1) is 13.0. The zero-order valence-electron chi connectivity index (χ0n) is 19.3. The van der Waals surface area contributed by atoms with Crippen LogP contribution in [0.2, 0.25) is 0 Å². The maximum atomic E-state index is 11.5. The standard InChI is InChI=1S/C20H42NO5P.Na.H/c1-2-3-4-5-6-7-8-9-10-11-12-13-14-15-16-17-20(22)21-18-19-26-27(23,24)25;;/h2-19H2,1H3,(H,21,22)(H2,23,24,25);;/q;+1;-1. The second kappa shape index (κ2) is 22.3. The normalized spacial score (nSPS) is 11.2. The maximum Gasteiger partial charge on any atom is 1.00 e.